The lowest BCUT2D eigenvalue weighted by Crippen LogP contribution is -2.11. The van der Waals surface area contributed by atoms with E-state index in [9.17, 15) is 4.79 Å². The molecule has 0 aliphatic carbocycles. The minimum absolute atomic E-state index is 0.194. The molecule has 0 aliphatic heterocycles. The second kappa shape index (κ2) is 7.83. The highest BCUT2D eigenvalue weighted by molar-refractivity contribution is 7.14. The maximum Gasteiger partial charge on any atom is 0.279 e. The fraction of sp³-hybridized carbons (Fsp3) is 0.105. The third kappa shape index (κ3) is 3.62. The van der Waals surface area contributed by atoms with Gasteiger partial charge in [0.2, 0.25) is 0 Å². The number of nitrogens with one attached hydrogen (secondary N) is 1. The summed E-state index contributed by atoms with van der Waals surface area (Å²) in [6, 6.07) is 10.9. The summed E-state index contributed by atoms with van der Waals surface area (Å²) in [5.74, 6) is 1.53. The average molecular weight is 413 g/mol. The standard InChI is InChI=1S/C19H15N3O4S2/c1-24-11-5-6-15(25-2)12(8-11)14-10-28-19(20-14)21-18(23)13-9-16(26-22-13)17-4-3-7-27-17/h3-10H,1-2H3,(H,20,21,23). The number of amides is 1. The number of thiophene rings is 1. The summed E-state index contributed by atoms with van der Waals surface area (Å²) in [6.45, 7) is 0. The zero-order chi connectivity index (χ0) is 19.5. The van der Waals surface area contributed by atoms with Crippen molar-refractivity contribution in [3.05, 3.63) is 52.9 Å². The van der Waals surface area contributed by atoms with Crippen LogP contribution in [0.1, 0.15) is 10.5 Å². The molecule has 1 amide bonds. The van der Waals surface area contributed by atoms with E-state index in [0.717, 1.165) is 10.4 Å². The van der Waals surface area contributed by atoms with E-state index in [4.69, 9.17) is 14.0 Å². The van der Waals surface area contributed by atoms with E-state index >= 15 is 0 Å². The van der Waals surface area contributed by atoms with E-state index < -0.39 is 0 Å². The number of hydrogen-bond donors (Lipinski definition) is 1. The van der Waals surface area contributed by atoms with Crippen molar-refractivity contribution in [3.8, 4) is 33.4 Å². The molecule has 0 radical (unpaired) electrons. The normalized spacial score (nSPS) is 10.6. The van der Waals surface area contributed by atoms with Gasteiger partial charge in [-0.25, -0.2) is 4.98 Å². The SMILES string of the molecule is COc1ccc(OC)c(-c2csc(NC(=O)c3cc(-c4cccs4)on3)n2)c1. The second-order valence-electron chi connectivity index (χ2n) is 5.61. The van der Waals surface area contributed by atoms with Gasteiger partial charge in [0.1, 0.15) is 11.5 Å². The van der Waals surface area contributed by atoms with Crippen molar-refractivity contribution in [3.63, 3.8) is 0 Å². The van der Waals surface area contributed by atoms with Crippen molar-refractivity contribution in [2.45, 2.75) is 0 Å². The first-order valence-corrected chi connectivity index (χ1v) is 9.93. The fourth-order valence-electron chi connectivity index (χ4n) is 2.55. The van der Waals surface area contributed by atoms with Gasteiger partial charge in [-0.05, 0) is 29.6 Å². The van der Waals surface area contributed by atoms with Gasteiger partial charge in [0.15, 0.2) is 16.6 Å². The van der Waals surface area contributed by atoms with Crippen molar-refractivity contribution < 1.29 is 18.8 Å². The Bertz CT molecular complexity index is 1100. The minimum Gasteiger partial charge on any atom is -0.497 e. The van der Waals surface area contributed by atoms with E-state index in [2.05, 4.69) is 15.5 Å². The summed E-state index contributed by atoms with van der Waals surface area (Å²) in [5, 5.41) is 10.8. The van der Waals surface area contributed by atoms with Gasteiger partial charge in [0.05, 0.1) is 24.8 Å². The first-order chi connectivity index (χ1) is 13.7. The molecule has 0 bridgehead atoms. The Labute approximate surface area is 168 Å². The molecule has 0 fully saturated rings. The minimum atomic E-state index is -0.384. The Morgan fingerprint density at radius 2 is 2.04 bits per heavy atom. The number of methoxy groups -OCH3 is 2. The zero-order valence-electron chi connectivity index (χ0n) is 15.0. The highest BCUT2D eigenvalue weighted by Gasteiger charge is 2.17. The molecule has 3 heterocycles. The molecule has 142 valence electrons. The number of carbonyl (C=O) groups excluding carboxylic acids is 1. The topological polar surface area (TPSA) is 86.5 Å². The van der Waals surface area contributed by atoms with Crippen molar-refractivity contribution in [2.24, 2.45) is 0 Å². The summed E-state index contributed by atoms with van der Waals surface area (Å²) < 4.78 is 15.9. The first kappa shape index (κ1) is 18.2. The largest absolute Gasteiger partial charge is 0.497 e. The van der Waals surface area contributed by atoms with E-state index in [1.54, 1.807) is 20.3 Å². The molecule has 1 aromatic carbocycles. The van der Waals surface area contributed by atoms with Crippen molar-refractivity contribution >= 4 is 33.7 Å². The maximum atomic E-state index is 12.5. The summed E-state index contributed by atoms with van der Waals surface area (Å²) in [7, 11) is 3.19. The van der Waals surface area contributed by atoms with Gasteiger partial charge in [-0.15, -0.1) is 22.7 Å². The third-order valence-corrected chi connectivity index (χ3v) is 5.56. The molecule has 0 saturated carbocycles. The third-order valence-electron chi connectivity index (χ3n) is 3.91. The lowest BCUT2D eigenvalue weighted by Gasteiger charge is -2.08. The number of ether oxygens (including phenoxy) is 2. The lowest BCUT2D eigenvalue weighted by atomic mass is 10.1. The highest BCUT2D eigenvalue weighted by Crippen LogP contribution is 2.35. The molecule has 28 heavy (non-hydrogen) atoms. The number of anilines is 1. The van der Waals surface area contributed by atoms with Crippen LogP contribution in [0.3, 0.4) is 0 Å². The molecule has 4 aromatic rings. The number of aromatic nitrogens is 2. The van der Waals surface area contributed by atoms with Crippen LogP contribution in [-0.2, 0) is 0 Å². The molecule has 0 unspecified atom stereocenters. The molecule has 0 saturated heterocycles. The number of nitrogens with zero attached hydrogens (tertiary/aromatic N) is 2. The van der Waals surface area contributed by atoms with E-state index in [-0.39, 0.29) is 11.6 Å². The smallest absolute Gasteiger partial charge is 0.279 e. The van der Waals surface area contributed by atoms with Crippen molar-refractivity contribution in [2.75, 3.05) is 19.5 Å². The van der Waals surface area contributed by atoms with Gasteiger partial charge >= 0.3 is 0 Å². The molecular weight excluding hydrogens is 398 g/mol. The number of hydrogen-bond acceptors (Lipinski definition) is 8. The number of thiazole rings is 1. The molecule has 0 spiro atoms. The number of benzene rings is 1. The van der Waals surface area contributed by atoms with Crippen LogP contribution in [0, 0.1) is 0 Å². The van der Waals surface area contributed by atoms with E-state index in [1.165, 1.54) is 22.7 Å². The second-order valence-corrected chi connectivity index (χ2v) is 7.42. The fourth-order valence-corrected chi connectivity index (χ4v) is 3.93. The Hall–Kier alpha value is -3.17. The Balaban J connectivity index is 1.53. The van der Waals surface area contributed by atoms with Crippen molar-refractivity contribution in [1.29, 1.82) is 0 Å². The van der Waals surface area contributed by atoms with Crippen LogP contribution in [-0.4, -0.2) is 30.3 Å². The number of carbonyl (C=O) groups is 1. The van der Waals surface area contributed by atoms with E-state index in [1.807, 2.05) is 41.1 Å². The first-order valence-electron chi connectivity index (χ1n) is 8.18. The maximum absolute atomic E-state index is 12.5. The zero-order valence-corrected chi connectivity index (χ0v) is 16.6. The van der Waals surface area contributed by atoms with Gasteiger partial charge in [-0.2, -0.15) is 0 Å². The van der Waals surface area contributed by atoms with Gasteiger partial charge in [-0.1, -0.05) is 11.2 Å². The van der Waals surface area contributed by atoms with Crippen LogP contribution in [0.4, 0.5) is 5.13 Å². The molecule has 0 atom stereocenters. The molecule has 7 nitrogen and oxygen atoms in total. The van der Waals surface area contributed by atoms with Gasteiger partial charge in [0.25, 0.3) is 5.91 Å². The average Bonchev–Trinajstić information content (AvgIpc) is 3.48. The van der Waals surface area contributed by atoms with Crippen LogP contribution in [0.5, 0.6) is 11.5 Å². The predicted octanol–water partition coefficient (Wildman–Crippen LogP) is 4.80. The van der Waals surface area contributed by atoms with Crippen molar-refractivity contribution in [1.82, 2.24) is 10.1 Å². The van der Waals surface area contributed by atoms with E-state index in [0.29, 0.717) is 28.1 Å². The van der Waals surface area contributed by atoms with Gasteiger partial charge < -0.3 is 14.0 Å². The summed E-state index contributed by atoms with van der Waals surface area (Å²) in [4.78, 5) is 17.8. The summed E-state index contributed by atoms with van der Waals surface area (Å²) in [5.41, 5.74) is 1.65. The van der Waals surface area contributed by atoms with Crippen LogP contribution >= 0.6 is 22.7 Å². The van der Waals surface area contributed by atoms with Crippen LogP contribution in [0.2, 0.25) is 0 Å². The monoisotopic (exact) mass is 413 g/mol. The lowest BCUT2D eigenvalue weighted by molar-refractivity contribution is 0.101. The molecular formula is C19H15N3O4S2. The van der Waals surface area contributed by atoms with Crippen LogP contribution in [0.15, 0.2) is 51.7 Å². The molecule has 4 rings (SSSR count). The molecule has 1 N–H and O–H groups in total. The molecule has 9 heteroatoms. The molecule has 3 aromatic heterocycles. The predicted molar refractivity (Wildman–Crippen MR) is 108 cm³/mol. The Morgan fingerprint density at radius 3 is 2.79 bits per heavy atom. The Morgan fingerprint density at radius 1 is 1.14 bits per heavy atom. The Kier molecular flexibility index (Phi) is 5.09. The quantitative estimate of drug-likeness (QED) is 0.489. The van der Waals surface area contributed by atoms with Crippen LogP contribution < -0.4 is 14.8 Å². The van der Waals surface area contributed by atoms with Crippen LogP contribution in [0.25, 0.3) is 21.9 Å². The van der Waals surface area contributed by atoms with Gasteiger partial charge in [0, 0.05) is 17.0 Å². The number of rotatable bonds is 6. The molecule has 0 aliphatic rings. The summed E-state index contributed by atoms with van der Waals surface area (Å²) >= 11 is 2.82. The summed E-state index contributed by atoms with van der Waals surface area (Å²) in [6.07, 6.45) is 0. The highest BCUT2D eigenvalue weighted by atomic mass is 32.1. The van der Waals surface area contributed by atoms with Gasteiger partial charge in [-0.3, -0.25) is 10.1 Å².